The Morgan fingerprint density at radius 3 is 2.57 bits per heavy atom. The number of aromatic hydroxyl groups is 2. The maximum atomic E-state index is 12.3. The summed E-state index contributed by atoms with van der Waals surface area (Å²) >= 11 is 0. The fourth-order valence-corrected chi connectivity index (χ4v) is 2.56. The van der Waals surface area contributed by atoms with E-state index >= 15 is 0 Å². The van der Waals surface area contributed by atoms with E-state index in [1.807, 2.05) is 0 Å². The number of aliphatic hydroxyl groups excluding tert-OH is 1. The molecule has 1 rings (SSSR count). The van der Waals surface area contributed by atoms with Gasteiger partial charge in [0.05, 0.1) is 0 Å². The van der Waals surface area contributed by atoms with Crippen LogP contribution in [0.5, 0.6) is 11.5 Å². The van der Waals surface area contributed by atoms with Crippen LogP contribution < -0.4 is 5.32 Å². The van der Waals surface area contributed by atoms with Crippen LogP contribution in [0.25, 0.3) is 0 Å². The molecule has 1 aromatic rings. The number of benzene rings is 1. The molecule has 1 atom stereocenters. The van der Waals surface area contributed by atoms with E-state index in [-0.39, 0.29) is 29.9 Å². The second kappa shape index (κ2) is 10.9. The normalized spacial score (nSPS) is 12.1. The van der Waals surface area contributed by atoms with Crippen LogP contribution in [0.4, 0.5) is 0 Å². The van der Waals surface area contributed by atoms with E-state index in [1.165, 1.54) is 31.4 Å². The zero-order chi connectivity index (χ0) is 17.1. The molecule has 4 N–H and O–H groups in total. The molecule has 0 saturated carbocycles. The first-order valence-corrected chi connectivity index (χ1v) is 8.47. The van der Waals surface area contributed by atoms with E-state index in [2.05, 4.69) is 12.2 Å². The van der Waals surface area contributed by atoms with Crippen LogP contribution in [0.1, 0.15) is 51.0 Å². The first-order valence-electron chi connectivity index (χ1n) is 8.47. The average molecular weight is 323 g/mol. The number of unbranched alkanes of at least 4 members (excludes halogenated alkanes) is 4. The van der Waals surface area contributed by atoms with Crippen molar-refractivity contribution < 1.29 is 20.1 Å². The third-order valence-electron chi connectivity index (χ3n) is 3.96. The highest BCUT2D eigenvalue weighted by molar-refractivity contribution is 5.79. The maximum absolute atomic E-state index is 12.3. The molecule has 0 fully saturated rings. The minimum Gasteiger partial charge on any atom is -0.508 e. The van der Waals surface area contributed by atoms with E-state index in [1.54, 1.807) is 6.07 Å². The summed E-state index contributed by atoms with van der Waals surface area (Å²) in [4.78, 5) is 12.3. The summed E-state index contributed by atoms with van der Waals surface area (Å²) in [5.41, 5.74) is 0.597. The second-order valence-electron chi connectivity index (χ2n) is 5.93. The highest BCUT2D eigenvalue weighted by Gasteiger charge is 2.19. The molecule has 0 bridgehead atoms. The van der Waals surface area contributed by atoms with Crippen LogP contribution >= 0.6 is 0 Å². The van der Waals surface area contributed by atoms with Crippen LogP contribution in [0.15, 0.2) is 18.2 Å². The number of hydrogen-bond donors (Lipinski definition) is 4. The Hall–Kier alpha value is -1.75. The van der Waals surface area contributed by atoms with E-state index < -0.39 is 0 Å². The number of rotatable bonds is 11. The van der Waals surface area contributed by atoms with Crippen molar-refractivity contribution in [3.63, 3.8) is 0 Å². The smallest absolute Gasteiger partial charge is 0.223 e. The first-order chi connectivity index (χ1) is 11.1. The fourth-order valence-electron chi connectivity index (χ4n) is 2.56. The van der Waals surface area contributed by atoms with Gasteiger partial charge in [-0.3, -0.25) is 4.79 Å². The summed E-state index contributed by atoms with van der Waals surface area (Å²) in [5, 5.41) is 31.2. The van der Waals surface area contributed by atoms with Gasteiger partial charge in [-0.05, 0) is 30.9 Å². The van der Waals surface area contributed by atoms with E-state index in [4.69, 9.17) is 5.11 Å². The van der Waals surface area contributed by atoms with Crippen LogP contribution in [-0.4, -0.2) is 34.4 Å². The molecular formula is C18H29NO4. The molecule has 0 heterocycles. The fraction of sp³-hybridized carbons (Fsp3) is 0.611. The van der Waals surface area contributed by atoms with E-state index in [0.717, 1.165) is 12.8 Å². The number of hydrogen-bond acceptors (Lipinski definition) is 4. The maximum Gasteiger partial charge on any atom is 0.223 e. The third kappa shape index (κ3) is 7.37. The Balaban J connectivity index is 2.48. The molecule has 0 aliphatic rings. The standard InChI is InChI=1S/C18H29NO4/c1-2-3-4-5-6-10-19-18(23)15(9-11-20)12-14-7-8-16(21)13-17(14)22/h7-8,13,15,20-22H,2-6,9-12H2,1H3,(H,19,23). The molecule has 0 radical (unpaired) electrons. The van der Waals surface area contributed by atoms with Gasteiger partial charge in [0.1, 0.15) is 11.5 Å². The van der Waals surface area contributed by atoms with Gasteiger partial charge < -0.3 is 20.6 Å². The largest absolute Gasteiger partial charge is 0.508 e. The van der Waals surface area contributed by atoms with Gasteiger partial charge in [-0.15, -0.1) is 0 Å². The number of phenols is 2. The van der Waals surface area contributed by atoms with E-state index in [9.17, 15) is 15.0 Å². The van der Waals surface area contributed by atoms with Crippen LogP contribution in [0.2, 0.25) is 0 Å². The summed E-state index contributed by atoms with van der Waals surface area (Å²) in [5.74, 6) is -0.519. The van der Waals surface area contributed by atoms with Gasteiger partial charge in [-0.1, -0.05) is 38.7 Å². The molecular weight excluding hydrogens is 294 g/mol. The Kier molecular flexibility index (Phi) is 9.14. The predicted octanol–water partition coefficient (Wildman–Crippen LogP) is 2.73. The Labute approximate surface area is 138 Å². The van der Waals surface area contributed by atoms with Gasteiger partial charge in [0.15, 0.2) is 0 Å². The lowest BCUT2D eigenvalue weighted by Gasteiger charge is -2.16. The molecule has 130 valence electrons. The van der Waals surface area contributed by atoms with Gasteiger partial charge in [0.25, 0.3) is 0 Å². The quantitative estimate of drug-likeness (QED) is 0.471. The number of aliphatic hydroxyl groups is 1. The molecule has 23 heavy (non-hydrogen) atoms. The Bertz CT molecular complexity index is 476. The number of phenolic OH excluding ortho intramolecular Hbond substituents is 2. The Morgan fingerprint density at radius 2 is 1.91 bits per heavy atom. The van der Waals surface area contributed by atoms with Crippen molar-refractivity contribution in [1.29, 1.82) is 0 Å². The minimum atomic E-state index is -0.383. The number of nitrogens with one attached hydrogen (secondary N) is 1. The third-order valence-corrected chi connectivity index (χ3v) is 3.96. The topological polar surface area (TPSA) is 89.8 Å². The molecule has 0 aliphatic heterocycles. The van der Waals surface area contributed by atoms with Crippen molar-refractivity contribution in [2.45, 2.75) is 51.9 Å². The summed E-state index contributed by atoms with van der Waals surface area (Å²) < 4.78 is 0. The molecule has 0 aromatic heterocycles. The van der Waals surface area contributed by atoms with Crippen LogP contribution in [0, 0.1) is 5.92 Å². The van der Waals surface area contributed by atoms with Gasteiger partial charge in [0, 0.05) is 25.1 Å². The SMILES string of the molecule is CCCCCCCNC(=O)C(CCO)Cc1ccc(O)cc1O. The number of carbonyl (C=O) groups excluding carboxylic acids is 1. The predicted molar refractivity (Wildman–Crippen MR) is 90.4 cm³/mol. The van der Waals surface area contributed by atoms with Crippen LogP contribution in [0.3, 0.4) is 0 Å². The highest BCUT2D eigenvalue weighted by atomic mass is 16.3. The molecule has 0 saturated heterocycles. The lowest BCUT2D eigenvalue weighted by atomic mass is 9.95. The van der Waals surface area contributed by atoms with Gasteiger partial charge in [-0.25, -0.2) is 0 Å². The monoisotopic (exact) mass is 323 g/mol. The summed E-state index contributed by atoms with van der Waals surface area (Å²) in [6, 6.07) is 4.35. The molecule has 5 heteroatoms. The van der Waals surface area contributed by atoms with Crippen molar-refractivity contribution in [3.05, 3.63) is 23.8 Å². The van der Waals surface area contributed by atoms with Crippen LogP contribution in [-0.2, 0) is 11.2 Å². The summed E-state index contributed by atoms with van der Waals surface area (Å²) in [6.07, 6.45) is 6.37. The average Bonchev–Trinajstić information content (AvgIpc) is 2.52. The lowest BCUT2D eigenvalue weighted by Crippen LogP contribution is -2.33. The van der Waals surface area contributed by atoms with Crippen molar-refractivity contribution in [3.8, 4) is 11.5 Å². The molecule has 1 amide bonds. The molecule has 5 nitrogen and oxygen atoms in total. The van der Waals surface area contributed by atoms with Crippen molar-refractivity contribution in [2.24, 2.45) is 5.92 Å². The number of amides is 1. The highest BCUT2D eigenvalue weighted by Crippen LogP contribution is 2.25. The minimum absolute atomic E-state index is 0.0125. The lowest BCUT2D eigenvalue weighted by molar-refractivity contribution is -0.125. The Morgan fingerprint density at radius 1 is 1.17 bits per heavy atom. The second-order valence-corrected chi connectivity index (χ2v) is 5.93. The van der Waals surface area contributed by atoms with Gasteiger partial charge in [-0.2, -0.15) is 0 Å². The first kappa shape index (κ1) is 19.3. The van der Waals surface area contributed by atoms with Crippen molar-refractivity contribution >= 4 is 5.91 Å². The van der Waals surface area contributed by atoms with Crippen molar-refractivity contribution in [2.75, 3.05) is 13.2 Å². The zero-order valence-electron chi connectivity index (χ0n) is 13.9. The summed E-state index contributed by atoms with van der Waals surface area (Å²) in [6.45, 7) is 2.74. The molecule has 1 unspecified atom stereocenters. The zero-order valence-corrected chi connectivity index (χ0v) is 13.9. The molecule has 0 aliphatic carbocycles. The molecule has 0 spiro atoms. The van der Waals surface area contributed by atoms with Gasteiger partial charge in [0.2, 0.25) is 5.91 Å². The summed E-state index contributed by atoms with van der Waals surface area (Å²) in [7, 11) is 0. The van der Waals surface area contributed by atoms with Gasteiger partial charge >= 0.3 is 0 Å². The van der Waals surface area contributed by atoms with Crippen molar-refractivity contribution in [1.82, 2.24) is 5.32 Å². The van der Waals surface area contributed by atoms with E-state index in [0.29, 0.717) is 24.9 Å². The molecule has 1 aromatic carbocycles. The number of carbonyl (C=O) groups is 1.